The highest BCUT2D eigenvalue weighted by atomic mass is 16.6. The Morgan fingerprint density at radius 2 is 2.09 bits per heavy atom. The number of aromatic nitrogens is 2. The first kappa shape index (κ1) is 15.3. The third-order valence-electron chi connectivity index (χ3n) is 3.39. The van der Waals surface area contributed by atoms with Crippen LogP contribution in [-0.4, -0.2) is 46.1 Å². The van der Waals surface area contributed by atoms with Crippen LogP contribution in [0.5, 0.6) is 5.75 Å². The molecule has 0 radical (unpaired) electrons. The van der Waals surface area contributed by atoms with Crippen molar-refractivity contribution in [2.24, 2.45) is 0 Å². The van der Waals surface area contributed by atoms with E-state index in [2.05, 4.69) is 21.5 Å². The summed E-state index contributed by atoms with van der Waals surface area (Å²) in [4.78, 5) is 13.7. The molecule has 1 amide bonds. The maximum Gasteiger partial charge on any atom is 0.410 e. The van der Waals surface area contributed by atoms with Gasteiger partial charge in [-0.2, -0.15) is 0 Å². The standard InChI is InChI=1S/C16H19N3O4/c1-10-8-19(15(20)22-16(2,3)4)9-14(10)21-11-5-6-12-13(7-11)18-23-17-12/h5-7,14H,1,8-9H2,2-4H3/t14-/m0/s1. The molecule has 23 heavy (non-hydrogen) atoms. The van der Waals surface area contributed by atoms with Gasteiger partial charge >= 0.3 is 6.09 Å². The first-order valence-electron chi connectivity index (χ1n) is 7.36. The van der Waals surface area contributed by atoms with Crippen molar-refractivity contribution < 1.29 is 18.9 Å². The van der Waals surface area contributed by atoms with Gasteiger partial charge in [0.2, 0.25) is 0 Å². The Morgan fingerprint density at radius 1 is 1.35 bits per heavy atom. The number of carbonyl (C=O) groups is 1. The summed E-state index contributed by atoms with van der Waals surface area (Å²) in [5.74, 6) is 0.630. The number of hydrogen-bond donors (Lipinski definition) is 0. The summed E-state index contributed by atoms with van der Waals surface area (Å²) < 4.78 is 16.0. The zero-order valence-electron chi connectivity index (χ0n) is 13.4. The smallest absolute Gasteiger partial charge is 0.410 e. The van der Waals surface area contributed by atoms with Gasteiger partial charge in [0.1, 0.15) is 28.5 Å². The molecule has 0 saturated carbocycles. The van der Waals surface area contributed by atoms with E-state index in [0.29, 0.717) is 29.9 Å². The molecule has 7 heteroatoms. The van der Waals surface area contributed by atoms with Crippen molar-refractivity contribution in [2.45, 2.75) is 32.5 Å². The van der Waals surface area contributed by atoms with Crippen LogP contribution in [0.4, 0.5) is 4.79 Å². The van der Waals surface area contributed by atoms with E-state index in [1.165, 1.54) is 0 Å². The highest BCUT2D eigenvalue weighted by molar-refractivity contribution is 5.74. The summed E-state index contributed by atoms with van der Waals surface area (Å²) in [5, 5.41) is 7.53. The van der Waals surface area contributed by atoms with E-state index in [1.807, 2.05) is 20.8 Å². The van der Waals surface area contributed by atoms with Gasteiger partial charge in [0, 0.05) is 12.6 Å². The molecule has 0 unspecified atom stereocenters. The minimum Gasteiger partial charge on any atom is -0.484 e. The Balaban J connectivity index is 1.67. The third-order valence-corrected chi connectivity index (χ3v) is 3.39. The second-order valence-electron chi connectivity index (χ2n) is 6.54. The number of likely N-dealkylation sites (tertiary alicyclic amines) is 1. The molecule has 1 atom stereocenters. The highest BCUT2D eigenvalue weighted by Gasteiger charge is 2.33. The second kappa shape index (κ2) is 5.57. The van der Waals surface area contributed by atoms with E-state index in [9.17, 15) is 4.79 Å². The Bertz CT molecular complexity index is 747. The van der Waals surface area contributed by atoms with Crippen LogP contribution in [0.15, 0.2) is 35.0 Å². The fourth-order valence-electron chi connectivity index (χ4n) is 2.33. The monoisotopic (exact) mass is 317 g/mol. The van der Waals surface area contributed by atoms with Crippen LogP contribution in [0, 0.1) is 0 Å². The van der Waals surface area contributed by atoms with Crippen LogP contribution >= 0.6 is 0 Å². The van der Waals surface area contributed by atoms with Gasteiger partial charge in [0.05, 0.1) is 6.54 Å². The number of ether oxygens (including phenoxy) is 2. The number of nitrogens with zero attached hydrogens (tertiary/aromatic N) is 3. The molecule has 1 aromatic heterocycles. The van der Waals surface area contributed by atoms with Gasteiger partial charge in [-0.3, -0.25) is 0 Å². The van der Waals surface area contributed by atoms with Crippen molar-refractivity contribution in [3.05, 3.63) is 30.4 Å². The van der Waals surface area contributed by atoms with E-state index in [-0.39, 0.29) is 12.2 Å². The molecule has 1 saturated heterocycles. The summed E-state index contributed by atoms with van der Waals surface area (Å²) in [7, 11) is 0. The number of hydrogen-bond acceptors (Lipinski definition) is 6. The van der Waals surface area contributed by atoms with Gasteiger partial charge < -0.3 is 14.4 Å². The minimum atomic E-state index is -0.525. The molecular weight excluding hydrogens is 298 g/mol. The maximum atomic E-state index is 12.1. The molecule has 7 nitrogen and oxygen atoms in total. The summed E-state index contributed by atoms with van der Waals surface area (Å²) in [6, 6.07) is 5.30. The number of amides is 1. The Labute approximate surface area is 133 Å². The molecule has 0 N–H and O–H groups in total. The van der Waals surface area contributed by atoms with Crippen molar-refractivity contribution >= 4 is 17.1 Å². The fraction of sp³-hybridized carbons (Fsp3) is 0.438. The average Bonchev–Trinajstić information content (AvgIpc) is 3.04. The SMILES string of the molecule is C=C1CN(C(=O)OC(C)(C)C)C[C@@H]1Oc1ccc2nonc2c1. The zero-order valence-corrected chi connectivity index (χ0v) is 13.4. The van der Waals surface area contributed by atoms with Crippen molar-refractivity contribution in [3.63, 3.8) is 0 Å². The molecule has 1 aliphatic rings. The lowest BCUT2D eigenvalue weighted by molar-refractivity contribution is 0.0276. The highest BCUT2D eigenvalue weighted by Crippen LogP contribution is 2.25. The van der Waals surface area contributed by atoms with Gasteiger partial charge in [-0.25, -0.2) is 9.42 Å². The van der Waals surface area contributed by atoms with Crippen LogP contribution in [0.1, 0.15) is 20.8 Å². The Hall–Kier alpha value is -2.57. The molecular formula is C16H19N3O4. The quantitative estimate of drug-likeness (QED) is 0.793. The predicted molar refractivity (Wildman–Crippen MR) is 83.2 cm³/mol. The summed E-state index contributed by atoms with van der Waals surface area (Å²) >= 11 is 0. The first-order valence-corrected chi connectivity index (χ1v) is 7.36. The molecule has 3 rings (SSSR count). The molecule has 122 valence electrons. The molecule has 0 aliphatic carbocycles. The summed E-state index contributed by atoms with van der Waals surface area (Å²) in [6.07, 6.45) is -0.638. The van der Waals surface area contributed by atoms with Crippen LogP contribution < -0.4 is 4.74 Å². The van der Waals surface area contributed by atoms with E-state index in [1.54, 1.807) is 23.1 Å². The van der Waals surface area contributed by atoms with Crippen LogP contribution in [0.25, 0.3) is 11.0 Å². The Morgan fingerprint density at radius 3 is 2.83 bits per heavy atom. The molecule has 1 aliphatic heterocycles. The van der Waals surface area contributed by atoms with Crippen molar-refractivity contribution in [3.8, 4) is 5.75 Å². The minimum absolute atomic E-state index is 0.278. The van der Waals surface area contributed by atoms with E-state index >= 15 is 0 Å². The van der Waals surface area contributed by atoms with Crippen molar-refractivity contribution in [1.29, 1.82) is 0 Å². The topological polar surface area (TPSA) is 77.7 Å². The molecule has 2 heterocycles. The number of rotatable bonds is 2. The maximum absolute atomic E-state index is 12.1. The van der Waals surface area contributed by atoms with Gasteiger partial charge in [-0.15, -0.1) is 0 Å². The largest absolute Gasteiger partial charge is 0.484 e. The summed E-state index contributed by atoms with van der Waals surface area (Å²) in [5.41, 5.74) is 1.59. The van der Waals surface area contributed by atoms with Crippen LogP contribution in [0.3, 0.4) is 0 Å². The van der Waals surface area contributed by atoms with E-state index in [4.69, 9.17) is 9.47 Å². The first-order chi connectivity index (χ1) is 10.8. The number of benzene rings is 1. The van der Waals surface area contributed by atoms with Gasteiger partial charge in [0.25, 0.3) is 0 Å². The molecule has 1 fully saturated rings. The molecule has 2 aromatic rings. The summed E-state index contributed by atoms with van der Waals surface area (Å²) in [6.45, 7) is 10.3. The molecule has 0 bridgehead atoms. The third kappa shape index (κ3) is 3.44. The van der Waals surface area contributed by atoms with Gasteiger partial charge in [-0.1, -0.05) is 6.58 Å². The molecule has 1 aromatic carbocycles. The van der Waals surface area contributed by atoms with Gasteiger partial charge in [-0.05, 0) is 48.8 Å². The van der Waals surface area contributed by atoms with Gasteiger partial charge in [0.15, 0.2) is 0 Å². The number of fused-ring (bicyclic) bond motifs is 1. The zero-order chi connectivity index (χ0) is 16.6. The van der Waals surface area contributed by atoms with Crippen LogP contribution in [0.2, 0.25) is 0 Å². The lowest BCUT2D eigenvalue weighted by Crippen LogP contribution is -2.36. The van der Waals surface area contributed by atoms with Crippen molar-refractivity contribution in [2.75, 3.05) is 13.1 Å². The second-order valence-corrected chi connectivity index (χ2v) is 6.54. The van der Waals surface area contributed by atoms with E-state index in [0.717, 1.165) is 5.57 Å². The normalized spacial score (nSPS) is 18.5. The lowest BCUT2D eigenvalue weighted by Gasteiger charge is -2.24. The number of carbonyl (C=O) groups excluding carboxylic acids is 1. The fourth-order valence-corrected chi connectivity index (χ4v) is 2.33. The predicted octanol–water partition coefficient (Wildman–Crippen LogP) is 2.78. The molecule has 0 spiro atoms. The van der Waals surface area contributed by atoms with Crippen molar-refractivity contribution in [1.82, 2.24) is 15.2 Å². The average molecular weight is 317 g/mol. The Kier molecular flexibility index (Phi) is 3.71. The van der Waals surface area contributed by atoms with Crippen LogP contribution in [-0.2, 0) is 4.74 Å². The lowest BCUT2D eigenvalue weighted by atomic mass is 10.2. The van der Waals surface area contributed by atoms with E-state index < -0.39 is 5.60 Å².